The van der Waals surface area contributed by atoms with Gasteiger partial charge in [-0.1, -0.05) is 127 Å². The van der Waals surface area contributed by atoms with Crippen LogP contribution in [0.2, 0.25) is 5.28 Å². The summed E-state index contributed by atoms with van der Waals surface area (Å²) in [6.45, 7) is 0. The van der Waals surface area contributed by atoms with Gasteiger partial charge in [-0.05, 0) is 106 Å². The summed E-state index contributed by atoms with van der Waals surface area (Å²) in [5.41, 5.74) is 17.0. The number of ether oxygens (including phenoxy) is 1. The molecule has 0 radical (unpaired) electrons. The Morgan fingerprint density at radius 3 is 2.23 bits per heavy atom. The number of nitrogens with one attached hydrogen (secondary N) is 1. The van der Waals surface area contributed by atoms with Crippen LogP contribution in [0.1, 0.15) is 23.5 Å². The molecule has 0 amide bonds. The smallest absolute Gasteiger partial charge is 0.223 e. The van der Waals surface area contributed by atoms with Crippen LogP contribution in [-0.4, -0.2) is 15.0 Å². The first-order chi connectivity index (χ1) is 30.6. The van der Waals surface area contributed by atoms with E-state index in [-0.39, 0.29) is 11.2 Å². The highest BCUT2D eigenvalue weighted by atomic mass is 35.5. The number of hydrogen-bond acceptors (Lipinski definition) is 4. The van der Waals surface area contributed by atoms with E-state index in [4.69, 9.17) is 20.8 Å². The van der Waals surface area contributed by atoms with Crippen LogP contribution in [0, 0.1) is 0 Å². The van der Waals surface area contributed by atoms with Gasteiger partial charge in [-0.2, -0.15) is 0 Å². The van der Waals surface area contributed by atoms with Gasteiger partial charge in [0.05, 0.1) is 16.7 Å². The van der Waals surface area contributed by atoms with Gasteiger partial charge in [0.25, 0.3) is 0 Å². The Morgan fingerprint density at radius 1 is 0.532 bits per heavy atom. The van der Waals surface area contributed by atoms with Crippen molar-refractivity contribution in [3.8, 4) is 50.4 Å². The van der Waals surface area contributed by atoms with Gasteiger partial charge in [-0.25, -0.2) is 9.97 Å². The molecule has 0 saturated heterocycles. The van der Waals surface area contributed by atoms with Gasteiger partial charge in [0.2, 0.25) is 5.28 Å². The molecule has 4 heterocycles. The maximum Gasteiger partial charge on any atom is 0.223 e. The number of halogens is 1. The molecule has 0 spiro atoms. The molecule has 1 atom stereocenters. The van der Waals surface area contributed by atoms with Gasteiger partial charge < -0.3 is 14.1 Å². The second-order valence-electron chi connectivity index (χ2n) is 16.3. The molecule has 1 aliphatic heterocycles. The molecule has 62 heavy (non-hydrogen) atoms. The number of benzene rings is 8. The minimum atomic E-state index is 0.239. The second-order valence-corrected chi connectivity index (χ2v) is 16.6. The topological polar surface area (TPSA) is 63.9 Å². The van der Waals surface area contributed by atoms with Crippen molar-refractivity contribution in [2.75, 3.05) is 0 Å². The molecule has 1 aliphatic carbocycles. The fourth-order valence-corrected chi connectivity index (χ4v) is 9.91. The summed E-state index contributed by atoms with van der Waals surface area (Å²) in [7, 11) is 0. The molecule has 3 aromatic heterocycles. The van der Waals surface area contributed by atoms with E-state index in [0.29, 0.717) is 0 Å². The normalized spacial score (nSPS) is 14.6. The zero-order valence-electron chi connectivity index (χ0n) is 33.2. The predicted molar refractivity (Wildman–Crippen MR) is 253 cm³/mol. The van der Waals surface area contributed by atoms with Crippen molar-refractivity contribution in [3.05, 3.63) is 204 Å². The molecule has 292 valence electrons. The van der Waals surface area contributed by atoms with E-state index >= 15 is 0 Å². The van der Waals surface area contributed by atoms with E-state index in [1.54, 1.807) is 0 Å². The Balaban J connectivity index is 0.819. The summed E-state index contributed by atoms with van der Waals surface area (Å²) < 4.78 is 12.9. The molecular formula is C56H34ClN3O2. The fourth-order valence-electron chi connectivity index (χ4n) is 9.73. The fraction of sp³-hybridized carbons (Fsp3) is 0.0357. The predicted octanol–water partition coefficient (Wildman–Crippen LogP) is 15.3. The van der Waals surface area contributed by atoms with Crippen LogP contribution in [0.4, 0.5) is 0 Å². The maximum absolute atomic E-state index is 6.48. The van der Waals surface area contributed by atoms with Gasteiger partial charge >= 0.3 is 0 Å². The maximum atomic E-state index is 6.48. The summed E-state index contributed by atoms with van der Waals surface area (Å²) in [5, 5.41) is 5.79. The van der Waals surface area contributed by atoms with Crippen LogP contribution < -0.4 is 4.74 Å². The SMILES string of the molecule is Clc1nc(-c2ccc(-c3ccc4c(c3)oc3ccc(-c5cccc(-c6cccc7c6[nH]c6ccc(C8=C9Oc%10ccccc%10C9CC=C8)cc67)c5)cc34)cc2)c2ccccc2n1. The highest BCUT2D eigenvalue weighted by Crippen LogP contribution is 2.48. The van der Waals surface area contributed by atoms with Gasteiger partial charge in [0.15, 0.2) is 0 Å². The molecular weight excluding hydrogens is 782 g/mol. The molecule has 13 rings (SSSR count). The lowest BCUT2D eigenvalue weighted by atomic mass is 9.86. The van der Waals surface area contributed by atoms with Crippen LogP contribution >= 0.6 is 11.6 Å². The number of fused-ring (bicyclic) bond motifs is 10. The zero-order valence-corrected chi connectivity index (χ0v) is 33.9. The van der Waals surface area contributed by atoms with E-state index in [1.165, 1.54) is 27.5 Å². The second kappa shape index (κ2) is 13.6. The number of para-hydroxylation sites is 3. The van der Waals surface area contributed by atoms with Crippen molar-refractivity contribution >= 4 is 71.8 Å². The van der Waals surface area contributed by atoms with Crippen LogP contribution in [-0.2, 0) is 0 Å². The van der Waals surface area contributed by atoms with Crippen molar-refractivity contribution in [1.29, 1.82) is 0 Å². The Labute approximate surface area is 361 Å². The summed E-state index contributed by atoms with van der Waals surface area (Å²) >= 11 is 6.30. The number of aromatic nitrogens is 3. The average Bonchev–Trinajstić information content (AvgIpc) is 4.02. The Kier molecular flexibility index (Phi) is 7.72. The molecule has 5 nitrogen and oxygen atoms in total. The molecule has 1 N–H and O–H groups in total. The van der Waals surface area contributed by atoms with Crippen molar-refractivity contribution in [2.45, 2.75) is 12.3 Å². The third-order valence-corrected chi connectivity index (χ3v) is 12.9. The lowest BCUT2D eigenvalue weighted by Crippen LogP contribution is -2.05. The van der Waals surface area contributed by atoms with E-state index < -0.39 is 0 Å². The van der Waals surface area contributed by atoms with Crippen molar-refractivity contribution < 1.29 is 9.15 Å². The quantitative estimate of drug-likeness (QED) is 0.176. The van der Waals surface area contributed by atoms with Gasteiger partial charge in [0.1, 0.15) is 22.7 Å². The summed E-state index contributed by atoms with van der Waals surface area (Å²) in [6, 6.07) is 59.9. The molecule has 1 unspecified atom stereocenters. The highest BCUT2D eigenvalue weighted by molar-refractivity contribution is 6.29. The monoisotopic (exact) mass is 815 g/mol. The van der Waals surface area contributed by atoms with Crippen LogP contribution in [0.3, 0.4) is 0 Å². The number of H-pyrrole nitrogens is 1. The number of rotatable bonds is 5. The Morgan fingerprint density at radius 2 is 1.27 bits per heavy atom. The van der Waals surface area contributed by atoms with Crippen molar-refractivity contribution in [2.24, 2.45) is 0 Å². The van der Waals surface area contributed by atoms with Crippen LogP contribution in [0.25, 0.3) is 105 Å². The van der Waals surface area contributed by atoms with E-state index in [9.17, 15) is 0 Å². The van der Waals surface area contributed by atoms with Gasteiger partial charge in [0, 0.05) is 60.6 Å². The van der Waals surface area contributed by atoms with Crippen molar-refractivity contribution in [3.63, 3.8) is 0 Å². The van der Waals surface area contributed by atoms with Crippen LogP contribution in [0.15, 0.2) is 192 Å². The number of nitrogens with zero attached hydrogens (tertiary/aromatic N) is 2. The lowest BCUT2D eigenvalue weighted by Gasteiger charge is -2.17. The zero-order chi connectivity index (χ0) is 40.9. The molecule has 11 aromatic rings. The molecule has 0 fully saturated rings. The molecule has 2 aliphatic rings. The number of hydrogen-bond donors (Lipinski definition) is 1. The first-order valence-electron chi connectivity index (χ1n) is 20.9. The van der Waals surface area contributed by atoms with E-state index in [0.717, 1.165) is 106 Å². The average molecular weight is 816 g/mol. The number of furan rings is 1. The van der Waals surface area contributed by atoms with Crippen molar-refractivity contribution in [1.82, 2.24) is 15.0 Å². The Hall–Kier alpha value is -7.73. The summed E-state index contributed by atoms with van der Waals surface area (Å²) in [4.78, 5) is 12.7. The highest BCUT2D eigenvalue weighted by Gasteiger charge is 2.33. The minimum absolute atomic E-state index is 0.239. The standard InChI is InChI=1S/C56H34ClN3O2/c57-56-59-48-16-3-1-11-45(48)53(60-56)33-20-18-32(19-21-33)36-22-25-42-47-29-35(24-27-51(47)61-52(42)31-36)34-8-5-9-37(28-34)39-12-6-14-43-46-30-38(23-26-49(46)58-54(39)43)40-13-7-15-44-41-10-2-4-17-50(41)62-55(40)44/h1-14,16-31,44,58H,15H2. The lowest BCUT2D eigenvalue weighted by molar-refractivity contribution is 0.429. The molecule has 0 bridgehead atoms. The number of allylic oxidation sites excluding steroid dienone is 4. The van der Waals surface area contributed by atoms with Gasteiger partial charge in [-0.15, -0.1) is 0 Å². The molecule has 0 saturated carbocycles. The van der Waals surface area contributed by atoms with Crippen LogP contribution in [0.5, 0.6) is 5.75 Å². The third-order valence-electron chi connectivity index (χ3n) is 12.7. The molecule has 6 heteroatoms. The Bertz CT molecular complexity index is 3720. The first-order valence-corrected chi connectivity index (χ1v) is 21.3. The third kappa shape index (κ3) is 5.56. The van der Waals surface area contributed by atoms with Gasteiger partial charge in [-0.3, -0.25) is 0 Å². The largest absolute Gasteiger partial charge is 0.460 e. The summed E-state index contributed by atoms with van der Waals surface area (Å²) in [6.07, 6.45) is 5.47. The van der Waals surface area contributed by atoms with E-state index in [1.807, 2.05) is 30.3 Å². The number of aromatic amines is 1. The first kappa shape index (κ1) is 35.1. The minimum Gasteiger partial charge on any atom is -0.460 e. The molecule has 8 aromatic carbocycles. The van der Waals surface area contributed by atoms with E-state index in [2.05, 4.69) is 167 Å². The summed E-state index contributed by atoms with van der Waals surface area (Å²) in [5.74, 6) is 2.29.